The van der Waals surface area contributed by atoms with E-state index in [9.17, 15) is 0 Å². The first kappa shape index (κ1) is 9.86. The highest BCUT2D eigenvalue weighted by Gasteiger charge is 2.08. The van der Waals surface area contributed by atoms with Gasteiger partial charge in [0.2, 0.25) is 0 Å². The number of benzene rings is 1. The van der Waals surface area contributed by atoms with E-state index < -0.39 is 0 Å². The molecule has 0 fully saturated rings. The summed E-state index contributed by atoms with van der Waals surface area (Å²) in [6, 6.07) is 5.51. The molecule has 1 aromatic carbocycles. The number of ether oxygens (including phenoxy) is 1. The molecule has 2 aromatic rings. The van der Waals surface area contributed by atoms with Gasteiger partial charge in [-0.2, -0.15) is 0 Å². The largest absolute Gasteiger partial charge is 0.497 e. The number of fused-ring (bicyclic) bond motifs is 1. The normalized spacial score (nSPS) is 11.3. The molecule has 4 nitrogen and oxygen atoms in total. The number of oxime groups is 1. The van der Waals surface area contributed by atoms with Crippen LogP contribution in [-0.4, -0.2) is 23.5 Å². The van der Waals surface area contributed by atoms with Crippen LogP contribution in [0.2, 0.25) is 5.15 Å². The Bertz CT molecular complexity index is 519. The molecule has 78 valence electrons. The van der Waals surface area contributed by atoms with Crippen molar-refractivity contribution in [2.75, 3.05) is 7.11 Å². The van der Waals surface area contributed by atoms with E-state index in [1.807, 2.05) is 18.2 Å². The summed E-state index contributed by atoms with van der Waals surface area (Å²) in [5.74, 6) is 0.728. The van der Waals surface area contributed by atoms with Crippen LogP contribution in [0.4, 0.5) is 0 Å². The van der Waals surface area contributed by atoms with Crippen LogP contribution in [0.25, 0.3) is 10.9 Å². The average molecular weight is 225 g/mol. The fourth-order valence-corrected chi connectivity index (χ4v) is 1.72. The topological polar surface area (TPSA) is 57.6 Å². The standard InChI is InChI=1S/C10H9ClN2O2/c1-15-6-2-3-9-7(4-6)8(5-12-14)10(11)13-9/h2-5,13-14H,1H3. The van der Waals surface area contributed by atoms with Gasteiger partial charge in [0, 0.05) is 16.5 Å². The van der Waals surface area contributed by atoms with Crippen molar-refractivity contribution in [2.24, 2.45) is 5.16 Å². The number of nitrogens with zero attached hydrogens (tertiary/aromatic N) is 1. The van der Waals surface area contributed by atoms with Crippen molar-refractivity contribution in [3.8, 4) is 5.75 Å². The van der Waals surface area contributed by atoms with Gasteiger partial charge in [-0.1, -0.05) is 16.8 Å². The molecule has 15 heavy (non-hydrogen) atoms. The molecule has 0 aliphatic heterocycles. The molecule has 0 spiro atoms. The van der Waals surface area contributed by atoms with Crippen LogP contribution in [0.15, 0.2) is 23.4 Å². The van der Waals surface area contributed by atoms with Crippen LogP contribution in [0.3, 0.4) is 0 Å². The Morgan fingerprint density at radius 2 is 2.33 bits per heavy atom. The number of aromatic amines is 1. The molecule has 0 amide bonds. The van der Waals surface area contributed by atoms with Gasteiger partial charge in [0.05, 0.1) is 13.3 Å². The third-order valence-corrected chi connectivity index (χ3v) is 2.48. The SMILES string of the molecule is COc1ccc2[nH]c(Cl)c(C=NO)c2c1. The number of rotatable bonds is 2. The molecule has 0 unspecified atom stereocenters. The lowest BCUT2D eigenvalue weighted by Crippen LogP contribution is -1.83. The van der Waals surface area contributed by atoms with Gasteiger partial charge < -0.3 is 14.9 Å². The summed E-state index contributed by atoms with van der Waals surface area (Å²) in [7, 11) is 1.59. The number of hydrogen-bond acceptors (Lipinski definition) is 3. The second-order valence-corrected chi connectivity index (χ2v) is 3.39. The summed E-state index contributed by atoms with van der Waals surface area (Å²) >= 11 is 5.94. The highest BCUT2D eigenvalue weighted by atomic mass is 35.5. The molecule has 1 heterocycles. The predicted molar refractivity (Wildman–Crippen MR) is 59.2 cm³/mol. The fourth-order valence-electron chi connectivity index (χ4n) is 1.47. The van der Waals surface area contributed by atoms with Gasteiger partial charge in [0.1, 0.15) is 10.9 Å². The quantitative estimate of drug-likeness (QED) is 0.468. The molecule has 0 bridgehead atoms. The van der Waals surface area contributed by atoms with Gasteiger partial charge in [-0.25, -0.2) is 0 Å². The van der Waals surface area contributed by atoms with E-state index >= 15 is 0 Å². The molecule has 5 heteroatoms. The maximum atomic E-state index is 8.51. The minimum atomic E-state index is 0.441. The van der Waals surface area contributed by atoms with Crippen molar-refractivity contribution < 1.29 is 9.94 Å². The highest BCUT2D eigenvalue weighted by Crippen LogP contribution is 2.27. The summed E-state index contributed by atoms with van der Waals surface area (Å²) < 4.78 is 5.10. The number of aromatic nitrogens is 1. The van der Waals surface area contributed by atoms with Crippen molar-refractivity contribution in [3.05, 3.63) is 28.9 Å². The molecular formula is C10H9ClN2O2. The van der Waals surface area contributed by atoms with Crippen molar-refractivity contribution >= 4 is 28.7 Å². The fraction of sp³-hybridized carbons (Fsp3) is 0.100. The van der Waals surface area contributed by atoms with Gasteiger partial charge >= 0.3 is 0 Å². The van der Waals surface area contributed by atoms with E-state index in [0.717, 1.165) is 16.7 Å². The van der Waals surface area contributed by atoms with Gasteiger partial charge in [-0.05, 0) is 18.2 Å². The molecule has 0 saturated heterocycles. The maximum absolute atomic E-state index is 8.51. The van der Waals surface area contributed by atoms with Crippen molar-refractivity contribution in [3.63, 3.8) is 0 Å². The van der Waals surface area contributed by atoms with Crippen LogP contribution in [0.1, 0.15) is 5.56 Å². The summed E-state index contributed by atoms with van der Waals surface area (Å²) in [5, 5.41) is 12.8. The minimum Gasteiger partial charge on any atom is -0.497 e. The van der Waals surface area contributed by atoms with Crippen molar-refractivity contribution in [1.82, 2.24) is 4.98 Å². The van der Waals surface area contributed by atoms with Gasteiger partial charge in [0.15, 0.2) is 0 Å². The van der Waals surface area contributed by atoms with Crippen LogP contribution >= 0.6 is 11.6 Å². The van der Waals surface area contributed by atoms with Gasteiger partial charge in [0.25, 0.3) is 0 Å². The van der Waals surface area contributed by atoms with Gasteiger partial charge in [-0.3, -0.25) is 0 Å². The van der Waals surface area contributed by atoms with E-state index in [0.29, 0.717) is 10.7 Å². The van der Waals surface area contributed by atoms with E-state index in [4.69, 9.17) is 21.5 Å². The summed E-state index contributed by atoms with van der Waals surface area (Å²) in [5.41, 5.74) is 1.52. The first-order valence-electron chi connectivity index (χ1n) is 4.29. The number of halogens is 1. The molecule has 0 aliphatic carbocycles. The maximum Gasteiger partial charge on any atom is 0.119 e. The molecule has 1 aromatic heterocycles. The molecule has 2 rings (SSSR count). The molecule has 0 atom stereocenters. The van der Waals surface area contributed by atoms with Crippen LogP contribution in [-0.2, 0) is 0 Å². The molecule has 0 aliphatic rings. The van der Waals surface area contributed by atoms with Crippen molar-refractivity contribution in [1.29, 1.82) is 0 Å². The Labute approximate surface area is 91.1 Å². The molecular weight excluding hydrogens is 216 g/mol. The van der Waals surface area contributed by atoms with Crippen LogP contribution in [0.5, 0.6) is 5.75 Å². The third kappa shape index (κ3) is 1.64. The van der Waals surface area contributed by atoms with E-state index in [1.54, 1.807) is 7.11 Å². The first-order chi connectivity index (χ1) is 7.26. The van der Waals surface area contributed by atoms with Crippen molar-refractivity contribution in [2.45, 2.75) is 0 Å². The summed E-state index contributed by atoms with van der Waals surface area (Å²) in [6.45, 7) is 0. The molecule has 2 N–H and O–H groups in total. The summed E-state index contributed by atoms with van der Waals surface area (Å²) in [4.78, 5) is 2.97. The Hall–Kier alpha value is -1.68. The van der Waals surface area contributed by atoms with E-state index in [-0.39, 0.29) is 0 Å². The van der Waals surface area contributed by atoms with Gasteiger partial charge in [-0.15, -0.1) is 0 Å². The molecule has 0 saturated carbocycles. The zero-order valence-corrected chi connectivity index (χ0v) is 8.75. The van der Waals surface area contributed by atoms with Crippen LogP contribution < -0.4 is 4.74 Å². The summed E-state index contributed by atoms with van der Waals surface area (Å²) in [6.07, 6.45) is 1.29. The number of methoxy groups -OCH3 is 1. The zero-order chi connectivity index (χ0) is 10.8. The highest BCUT2D eigenvalue weighted by molar-refractivity contribution is 6.34. The monoisotopic (exact) mass is 224 g/mol. The van der Waals surface area contributed by atoms with E-state index in [2.05, 4.69) is 10.1 Å². The van der Waals surface area contributed by atoms with Crippen LogP contribution in [0, 0.1) is 0 Å². The minimum absolute atomic E-state index is 0.441. The second-order valence-electron chi connectivity index (χ2n) is 3.01. The smallest absolute Gasteiger partial charge is 0.119 e. The lowest BCUT2D eigenvalue weighted by atomic mass is 10.2. The number of hydrogen-bond donors (Lipinski definition) is 2. The average Bonchev–Trinajstić information content (AvgIpc) is 2.55. The second kappa shape index (κ2) is 3.82. The molecule has 0 radical (unpaired) electrons. The Morgan fingerprint density at radius 3 is 3.00 bits per heavy atom. The Balaban J connectivity index is 2.71. The Kier molecular flexibility index (Phi) is 2.51. The third-order valence-electron chi connectivity index (χ3n) is 2.18. The number of nitrogens with one attached hydrogen (secondary N) is 1. The Morgan fingerprint density at radius 1 is 1.53 bits per heavy atom. The van der Waals surface area contributed by atoms with E-state index in [1.165, 1.54) is 6.21 Å². The first-order valence-corrected chi connectivity index (χ1v) is 4.66. The zero-order valence-electron chi connectivity index (χ0n) is 7.99. The lowest BCUT2D eigenvalue weighted by Gasteiger charge is -1.98. The lowest BCUT2D eigenvalue weighted by molar-refractivity contribution is 0.322. The number of H-pyrrole nitrogens is 1. The predicted octanol–water partition coefficient (Wildman–Crippen LogP) is 2.64.